The summed E-state index contributed by atoms with van der Waals surface area (Å²) in [5.74, 6) is 0.985. The Morgan fingerprint density at radius 3 is 2.65 bits per heavy atom. The minimum Gasteiger partial charge on any atom is -0.488 e. The van der Waals surface area contributed by atoms with E-state index < -0.39 is 0 Å². The molecule has 3 aromatic carbocycles. The molecule has 2 heterocycles. The molecule has 5 rings (SSSR count). The molecule has 0 saturated carbocycles. The second-order valence-electron chi connectivity index (χ2n) is 7.37. The Kier molecular flexibility index (Phi) is 6.22. The third-order valence-electron chi connectivity index (χ3n) is 5.12. The van der Waals surface area contributed by atoms with E-state index in [1.54, 1.807) is 22.6 Å². The third kappa shape index (κ3) is 4.62. The van der Waals surface area contributed by atoms with Crippen molar-refractivity contribution in [2.75, 3.05) is 6.26 Å². The van der Waals surface area contributed by atoms with Crippen LogP contribution in [0.15, 0.2) is 105 Å². The number of aromatic nitrogens is 4. The standard InChI is InChI=1S/C26H20N4O3S/c1-34-20-11-7-10-19(16-20)30-15-14-22(31)24(28-30)26-27-25(29-33-26)21-12-5-6-13-23(21)32-17-18-8-3-2-4-9-18/h2-16H,17H2,1H3. The maximum Gasteiger partial charge on any atom is 0.282 e. The summed E-state index contributed by atoms with van der Waals surface area (Å²) >= 11 is 1.63. The molecule has 0 N–H and O–H groups in total. The maximum absolute atomic E-state index is 12.6. The van der Waals surface area contributed by atoms with Crippen LogP contribution in [0.2, 0.25) is 0 Å². The summed E-state index contributed by atoms with van der Waals surface area (Å²) in [6.07, 6.45) is 3.63. The zero-order valence-electron chi connectivity index (χ0n) is 18.3. The van der Waals surface area contributed by atoms with Gasteiger partial charge in [0, 0.05) is 17.2 Å². The Labute approximate surface area is 200 Å². The van der Waals surface area contributed by atoms with Gasteiger partial charge in [0.2, 0.25) is 11.3 Å². The Hall–Kier alpha value is -4.17. The first-order valence-electron chi connectivity index (χ1n) is 10.6. The highest BCUT2D eigenvalue weighted by Crippen LogP contribution is 2.29. The molecule has 0 fully saturated rings. The third-order valence-corrected chi connectivity index (χ3v) is 5.85. The van der Waals surface area contributed by atoms with E-state index in [4.69, 9.17) is 9.26 Å². The van der Waals surface area contributed by atoms with Crippen LogP contribution >= 0.6 is 11.8 Å². The molecule has 8 heteroatoms. The van der Waals surface area contributed by atoms with Gasteiger partial charge in [-0.1, -0.05) is 53.7 Å². The van der Waals surface area contributed by atoms with Crippen LogP contribution in [-0.2, 0) is 6.61 Å². The van der Waals surface area contributed by atoms with Gasteiger partial charge in [0.15, 0.2) is 5.69 Å². The van der Waals surface area contributed by atoms with Gasteiger partial charge in [0.05, 0.1) is 11.3 Å². The van der Waals surface area contributed by atoms with Crippen molar-refractivity contribution < 1.29 is 9.26 Å². The molecule has 5 aromatic rings. The molecule has 0 unspecified atom stereocenters. The van der Waals surface area contributed by atoms with Crippen LogP contribution in [-0.4, -0.2) is 26.2 Å². The number of hydrogen-bond donors (Lipinski definition) is 0. The molecule has 0 atom stereocenters. The van der Waals surface area contributed by atoms with Crippen LogP contribution in [0.1, 0.15) is 5.56 Å². The highest BCUT2D eigenvalue weighted by Gasteiger charge is 2.18. The van der Waals surface area contributed by atoms with Crippen LogP contribution in [0.3, 0.4) is 0 Å². The Bertz CT molecular complexity index is 1480. The second-order valence-corrected chi connectivity index (χ2v) is 8.25. The van der Waals surface area contributed by atoms with Crippen molar-refractivity contribution in [1.29, 1.82) is 0 Å². The van der Waals surface area contributed by atoms with E-state index >= 15 is 0 Å². The predicted molar refractivity (Wildman–Crippen MR) is 131 cm³/mol. The largest absolute Gasteiger partial charge is 0.488 e. The lowest BCUT2D eigenvalue weighted by Gasteiger charge is -2.09. The molecule has 0 aliphatic rings. The maximum atomic E-state index is 12.6. The minimum atomic E-state index is -0.305. The van der Waals surface area contributed by atoms with Crippen LogP contribution in [0.25, 0.3) is 28.7 Å². The summed E-state index contributed by atoms with van der Waals surface area (Å²) in [6, 6.07) is 26.6. The lowest BCUT2D eigenvalue weighted by atomic mass is 10.2. The minimum absolute atomic E-state index is 0.0493. The second kappa shape index (κ2) is 9.76. The van der Waals surface area contributed by atoms with Gasteiger partial charge in [0.25, 0.3) is 5.89 Å². The van der Waals surface area contributed by atoms with E-state index in [1.165, 1.54) is 6.07 Å². The average molecular weight is 469 g/mol. The van der Waals surface area contributed by atoms with Crippen molar-refractivity contribution >= 4 is 11.8 Å². The first kappa shape index (κ1) is 21.7. The number of rotatable bonds is 7. The molecule has 0 saturated heterocycles. The van der Waals surface area contributed by atoms with Gasteiger partial charge in [-0.2, -0.15) is 10.1 Å². The summed E-state index contributed by atoms with van der Waals surface area (Å²) < 4.78 is 13.1. The zero-order valence-corrected chi connectivity index (χ0v) is 19.1. The molecule has 0 bridgehead atoms. The first-order chi connectivity index (χ1) is 16.7. The molecule has 2 aromatic heterocycles. The number of hydrogen-bond acceptors (Lipinski definition) is 7. The number of para-hydroxylation sites is 1. The molecular weight excluding hydrogens is 448 g/mol. The van der Waals surface area contributed by atoms with Crippen LogP contribution in [0.4, 0.5) is 0 Å². The lowest BCUT2D eigenvalue weighted by molar-refractivity contribution is 0.307. The summed E-state index contributed by atoms with van der Waals surface area (Å²) in [6.45, 7) is 0.405. The van der Waals surface area contributed by atoms with Gasteiger partial charge in [-0.3, -0.25) is 4.79 Å². The van der Waals surface area contributed by atoms with Crippen molar-refractivity contribution in [2.24, 2.45) is 0 Å². The normalized spacial score (nSPS) is 10.9. The van der Waals surface area contributed by atoms with E-state index in [2.05, 4.69) is 15.2 Å². The van der Waals surface area contributed by atoms with Gasteiger partial charge in [-0.15, -0.1) is 11.8 Å². The summed E-state index contributed by atoms with van der Waals surface area (Å²) in [5, 5.41) is 8.55. The highest BCUT2D eigenvalue weighted by atomic mass is 32.2. The Morgan fingerprint density at radius 1 is 0.971 bits per heavy atom. The van der Waals surface area contributed by atoms with Crippen LogP contribution in [0, 0.1) is 0 Å². The van der Waals surface area contributed by atoms with Gasteiger partial charge in [-0.05, 0) is 42.2 Å². The monoisotopic (exact) mass is 468 g/mol. The van der Waals surface area contributed by atoms with Crippen LogP contribution < -0.4 is 10.2 Å². The molecule has 0 amide bonds. The fourth-order valence-corrected chi connectivity index (χ4v) is 3.85. The number of nitrogens with zero attached hydrogens (tertiary/aromatic N) is 4. The smallest absolute Gasteiger partial charge is 0.282 e. The van der Waals surface area contributed by atoms with Gasteiger partial charge in [0.1, 0.15) is 12.4 Å². The SMILES string of the molecule is CSc1cccc(-n2ccc(=O)c(-c3nc(-c4ccccc4OCc4ccccc4)no3)n2)c1. The van der Waals surface area contributed by atoms with Crippen molar-refractivity contribution in [2.45, 2.75) is 11.5 Å². The predicted octanol–water partition coefficient (Wildman–Crippen LogP) is 5.25. The molecule has 7 nitrogen and oxygen atoms in total. The van der Waals surface area contributed by atoms with E-state index in [0.29, 0.717) is 23.7 Å². The quantitative estimate of drug-likeness (QED) is 0.302. The topological polar surface area (TPSA) is 83.0 Å². The molecule has 0 aliphatic carbocycles. The van der Waals surface area contributed by atoms with E-state index in [-0.39, 0.29) is 17.0 Å². The van der Waals surface area contributed by atoms with Gasteiger partial charge >= 0.3 is 0 Å². The van der Waals surface area contributed by atoms with Gasteiger partial charge in [-0.25, -0.2) is 4.68 Å². The first-order valence-corrected chi connectivity index (χ1v) is 11.8. The number of ether oxygens (including phenoxy) is 1. The van der Waals surface area contributed by atoms with Crippen molar-refractivity contribution in [3.8, 4) is 34.4 Å². The van der Waals surface area contributed by atoms with E-state index in [0.717, 1.165) is 16.1 Å². The highest BCUT2D eigenvalue weighted by molar-refractivity contribution is 7.98. The lowest BCUT2D eigenvalue weighted by Crippen LogP contribution is -2.12. The molecule has 0 spiro atoms. The summed E-state index contributed by atoms with van der Waals surface area (Å²) in [4.78, 5) is 18.1. The number of thioether (sulfide) groups is 1. The molecule has 0 radical (unpaired) electrons. The van der Waals surface area contributed by atoms with Crippen molar-refractivity contribution in [3.05, 3.63) is 107 Å². The van der Waals surface area contributed by atoms with E-state index in [1.807, 2.05) is 85.1 Å². The Morgan fingerprint density at radius 2 is 1.79 bits per heavy atom. The molecule has 34 heavy (non-hydrogen) atoms. The van der Waals surface area contributed by atoms with Crippen molar-refractivity contribution in [1.82, 2.24) is 19.9 Å². The molecule has 0 aliphatic heterocycles. The van der Waals surface area contributed by atoms with Crippen LogP contribution in [0.5, 0.6) is 5.75 Å². The Balaban J connectivity index is 1.45. The summed E-state index contributed by atoms with van der Waals surface area (Å²) in [5.41, 5.74) is 2.31. The zero-order chi connectivity index (χ0) is 23.3. The fourth-order valence-electron chi connectivity index (χ4n) is 3.39. The number of benzene rings is 3. The molecule has 168 valence electrons. The average Bonchev–Trinajstić information content (AvgIpc) is 3.38. The van der Waals surface area contributed by atoms with Crippen molar-refractivity contribution in [3.63, 3.8) is 0 Å². The summed E-state index contributed by atoms with van der Waals surface area (Å²) in [7, 11) is 0. The molecular formula is C26H20N4O3S. The van der Waals surface area contributed by atoms with E-state index in [9.17, 15) is 4.79 Å². The fraction of sp³-hybridized carbons (Fsp3) is 0.0769. The van der Waals surface area contributed by atoms with Gasteiger partial charge < -0.3 is 9.26 Å².